The first kappa shape index (κ1) is 10.9. The third-order valence-corrected chi connectivity index (χ3v) is 3.85. The van der Waals surface area contributed by atoms with E-state index in [1.165, 1.54) is 13.3 Å². The van der Waals surface area contributed by atoms with Crippen molar-refractivity contribution in [3.8, 4) is 0 Å². The zero-order chi connectivity index (χ0) is 10.2. The minimum Gasteiger partial charge on any atom is -0.319 e. The van der Waals surface area contributed by atoms with Gasteiger partial charge in [-0.25, -0.2) is 8.78 Å². The van der Waals surface area contributed by atoms with Gasteiger partial charge in [-0.15, -0.1) is 0 Å². The molecule has 1 aromatic rings. The Hall–Kier alpha value is -0.210. The number of hydrogen-bond acceptors (Lipinski definition) is 1. The molecule has 0 heterocycles. The van der Waals surface area contributed by atoms with Gasteiger partial charge in [0, 0.05) is 5.30 Å². The molecule has 0 fully saturated rings. The van der Waals surface area contributed by atoms with Crippen LogP contribution >= 0.6 is 23.1 Å². The Labute approximate surface area is 83.6 Å². The lowest BCUT2D eigenvalue weighted by molar-refractivity contribution is 0.570. The molecule has 0 saturated heterocycles. The van der Waals surface area contributed by atoms with Crippen LogP contribution in [0.4, 0.5) is 8.78 Å². The molecule has 0 radical (unpaired) electrons. The second-order valence-corrected chi connectivity index (χ2v) is 7.09. The quantitative estimate of drug-likeness (QED) is 0.565. The molecule has 5 heteroatoms. The van der Waals surface area contributed by atoms with E-state index in [9.17, 15) is 13.3 Å². The van der Waals surface area contributed by atoms with Gasteiger partial charge >= 0.3 is 0 Å². The number of rotatable bonds is 1. The molecule has 0 amide bonds. The maximum atomic E-state index is 13.0. The van der Waals surface area contributed by atoms with Crippen molar-refractivity contribution < 1.29 is 13.3 Å². The summed E-state index contributed by atoms with van der Waals surface area (Å²) in [6.45, 7) is 2.93. The standard InChI is InChI=1S/C8H8BrF2OP/c1-13(2,12)5-3-6(10)8(9)7(11)4-5/h3-4H,1-2H3. The normalized spacial score (nSPS) is 11.8. The van der Waals surface area contributed by atoms with Crippen LogP contribution in [-0.2, 0) is 4.57 Å². The van der Waals surface area contributed by atoms with E-state index in [2.05, 4.69) is 15.9 Å². The molecule has 0 spiro atoms. The van der Waals surface area contributed by atoms with Gasteiger partial charge in [-0.2, -0.15) is 0 Å². The van der Waals surface area contributed by atoms with Gasteiger partial charge in [0.15, 0.2) is 0 Å². The van der Waals surface area contributed by atoms with Crippen LogP contribution in [0.1, 0.15) is 0 Å². The molecule has 0 atom stereocenters. The van der Waals surface area contributed by atoms with Gasteiger partial charge in [-0.1, -0.05) is 0 Å². The summed E-state index contributed by atoms with van der Waals surface area (Å²) < 4.78 is 37.2. The molecule has 0 aliphatic rings. The predicted octanol–water partition coefficient (Wildman–Crippen LogP) is 2.98. The Morgan fingerprint density at radius 2 is 1.62 bits per heavy atom. The highest BCUT2D eigenvalue weighted by Gasteiger charge is 2.16. The fourth-order valence-electron chi connectivity index (χ4n) is 0.853. The van der Waals surface area contributed by atoms with Crippen molar-refractivity contribution in [1.29, 1.82) is 0 Å². The van der Waals surface area contributed by atoms with Crippen molar-refractivity contribution in [2.45, 2.75) is 0 Å². The van der Waals surface area contributed by atoms with Gasteiger partial charge in [0.05, 0.1) is 4.47 Å². The summed E-state index contributed by atoms with van der Waals surface area (Å²) in [6, 6.07) is 2.18. The molecule has 13 heavy (non-hydrogen) atoms. The Kier molecular flexibility index (Phi) is 2.93. The maximum absolute atomic E-state index is 13.0. The average Bonchev–Trinajstić information content (AvgIpc) is 1.97. The molecule has 0 aromatic heterocycles. The van der Waals surface area contributed by atoms with Crippen LogP contribution < -0.4 is 5.30 Å². The second kappa shape index (κ2) is 3.50. The Balaban J connectivity index is 3.38. The van der Waals surface area contributed by atoms with Crippen LogP contribution in [0.5, 0.6) is 0 Å². The van der Waals surface area contributed by atoms with Gasteiger partial charge in [0.25, 0.3) is 0 Å². The van der Waals surface area contributed by atoms with Gasteiger partial charge in [0.2, 0.25) is 0 Å². The molecule has 0 bridgehead atoms. The zero-order valence-corrected chi connectivity index (χ0v) is 9.62. The summed E-state index contributed by atoms with van der Waals surface area (Å²) in [5.41, 5.74) is 0. The van der Waals surface area contributed by atoms with Crippen LogP contribution in [0.15, 0.2) is 16.6 Å². The topological polar surface area (TPSA) is 17.1 Å². The smallest absolute Gasteiger partial charge is 0.141 e. The summed E-state index contributed by atoms with van der Waals surface area (Å²) in [5.74, 6) is -1.45. The molecule has 0 N–H and O–H groups in total. The first-order valence-electron chi connectivity index (χ1n) is 3.52. The van der Waals surface area contributed by atoms with Crippen LogP contribution in [0, 0.1) is 11.6 Å². The minimum absolute atomic E-state index is 0.214. The number of hydrogen-bond donors (Lipinski definition) is 0. The van der Waals surface area contributed by atoms with E-state index >= 15 is 0 Å². The Bertz CT molecular complexity index is 363. The lowest BCUT2D eigenvalue weighted by Gasteiger charge is -2.07. The molecule has 72 valence electrons. The summed E-state index contributed by atoms with van der Waals surface area (Å²) in [4.78, 5) is 0. The third-order valence-electron chi connectivity index (χ3n) is 1.59. The zero-order valence-electron chi connectivity index (χ0n) is 7.14. The van der Waals surface area contributed by atoms with E-state index in [4.69, 9.17) is 0 Å². The highest BCUT2D eigenvalue weighted by Crippen LogP contribution is 2.36. The maximum Gasteiger partial charge on any atom is 0.141 e. The van der Waals surface area contributed by atoms with Gasteiger partial charge in [-0.05, 0) is 41.4 Å². The monoisotopic (exact) mass is 268 g/mol. The van der Waals surface area contributed by atoms with Gasteiger partial charge in [-0.3, -0.25) is 0 Å². The lowest BCUT2D eigenvalue weighted by Crippen LogP contribution is -2.06. The fourth-order valence-corrected chi connectivity index (χ4v) is 1.93. The highest BCUT2D eigenvalue weighted by molar-refractivity contribution is 9.10. The van der Waals surface area contributed by atoms with Crippen LogP contribution in [0.3, 0.4) is 0 Å². The largest absolute Gasteiger partial charge is 0.319 e. The van der Waals surface area contributed by atoms with Crippen LogP contribution in [0.25, 0.3) is 0 Å². The van der Waals surface area contributed by atoms with E-state index < -0.39 is 18.8 Å². The summed E-state index contributed by atoms with van der Waals surface area (Å²) in [5, 5.41) is 0.214. The van der Waals surface area contributed by atoms with Crippen molar-refractivity contribution in [2.75, 3.05) is 13.3 Å². The molecular formula is C8H8BrF2OP. The van der Waals surface area contributed by atoms with Crippen LogP contribution in [0.2, 0.25) is 0 Å². The molecule has 0 unspecified atom stereocenters. The average molecular weight is 269 g/mol. The SMILES string of the molecule is CP(C)(=O)c1cc(F)c(Br)c(F)c1. The third kappa shape index (κ3) is 2.38. The number of benzene rings is 1. The molecule has 1 rings (SSSR count). The van der Waals surface area contributed by atoms with Crippen molar-refractivity contribution in [1.82, 2.24) is 0 Å². The fraction of sp³-hybridized carbons (Fsp3) is 0.250. The minimum atomic E-state index is -2.59. The van der Waals surface area contributed by atoms with E-state index in [0.29, 0.717) is 0 Å². The lowest BCUT2D eigenvalue weighted by atomic mass is 10.3. The van der Waals surface area contributed by atoms with Crippen molar-refractivity contribution in [3.05, 3.63) is 28.2 Å². The van der Waals surface area contributed by atoms with Gasteiger partial charge in [0.1, 0.15) is 18.8 Å². The Morgan fingerprint density at radius 3 is 1.92 bits per heavy atom. The second-order valence-electron chi connectivity index (χ2n) is 3.07. The molecular weight excluding hydrogens is 261 g/mol. The van der Waals surface area contributed by atoms with Crippen molar-refractivity contribution >= 4 is 28.4 Å². The first-order valence-corrected chi connectivity index (χ1v) is 6.92. The molecule has 1 nitrogen and oxygen atoms in total. The Morgan fingerprint density at radius 1 is 1.23 bits per heavy atom. The van der Waals surface area contributed by atoms with Crippen molar-refractivity contribution in [3.63, 3.8) is 0 Å². The number of halogens is 3. The molecule has 0 aliphatic carbocycles. The molecule has 0 aliphatic heterocycles. The van der Waals surface area contributed by atoms with E-state index in [1.807, 2.05) is 0 Å². The summed E-state index contributed by atoms with van der Waals surface area (Å²) >= 11 is 2.74. The highest BCUT2D eigenvalue weighted by atomic mass is 79.9. The van der Waals surface area contributed by atoms with E-state index in [1.54, 1.807) is 0 Å². The first-order chi connectivity index (χ1) is 5.82. The van der Waals surface area contributed by atoms with Crippen LogP contribution in [-0.4, -0.2) is 13.3 Å². The molecule has 0 saturated carbocycles. The molecule has 1 aromatic carbocycles. The summed E-state index contributed by atoms with van der Waals surface area (Å²) in [7, 11) is -2.59. The summed E-state index contributed by atoms with van der Waals surface area (Å²) in [6.07, 6.45) is 0. The van der Waals surface area contributed by atoms with Gasteiger partial charge < -0.3 is 4.57 Å². The van der Waals surface area contributed by atoms with Crippen molar-refractivity contribution in [2.24, 2.45) is 0 Å². The predicted molar refractivity (Wildman–Crippen MR) is 53.1 cm³/mol. The van der Waals surface area contributed by atoms with E-state index in [0.717, 1.165) is 12.1 Å². The van der Waals surface area contributed by atoms with E-state index in [-0.39, 0.29) is 9.78 Å².